The first-order valence-corrected chi connectivity index (χ1v) is 6.66. The lowest BCUT2D eigenvalue weighted by atomic mass is 10.0. The van der Waals surface area contributed by atoms with Crippen LogP contribution in [0.4, 0.5) is 4.79 Å². The first-order valence-electron chi connectivity index (χ1n) is 6.21. The molecule has 0 aromatic heterocycles. The number of rotatable bonds is 7. The topological polar surface area (TPSA) is 67.4 Å². The molecule has 0 aliphatic rings. The van der Waals surface area contributed by atoms with Crippen LogP contribution in [0.25, 0.3) is 0 Å². The van der Waals surface area contributed by atoms with Gasteiger partial charge < -0.3 is 15.4 Å². The lowest BCUT2D eigenvalue weighted by Gasteiger charge is -2.24. The van der Waals surface area contributed by atoms with Crippen LogP contribution in [0.15, 0.2) is 12.7 Å². The predicted octanol–water partition coefficient (Wildman–Crippen LogP) is 1.75. The van der Waals surface area contributed by atoms with Crippen LogP contribution in [0.5, 0.6) is 0 Å². The third-order valence-corrected chi connectivity index (χ3v) is 2.41. The number of hydrogen-bond acceptors (Lipinski definition) is 4. The molecule has 0 saturated carbocycles. The Morgan fingerprint density at radius 3 is 2.42 bits per heavy atom. The van der Waals surface area contributed by atoms with Gasteiger partial charge in [0.05, 0.1) is 0 Å². The molecule has 0 aliphatic heterocycles. The van der Waals surface area contributed by atoms with E-state index in [2.05, 4.69) is 29.8 Å². The second-order valence-electron chi connectivity index (χ2n) is 5.28. The van der Waals surface area contributed by atoms with Gasteiger partial charge in [0.15, 0.2) is 0 Å². The van der Waals surface area contributed by atoms with E-state index >= 15 is 0 Å². The van der Waals surface area contributed by atoms with Crippen molar-refractivity contribution in [2.45, 2.75) is 38.5 Å². The number of thiol groups is 1. The number of alkyl carbamates (subject to hydrolysis) is 1. The molecule has 0 rings (SSSR count). The molecule has 110 valence electrons. The van der Waals surface area contributed by atoms with Crippen LogP contribution in [-0.4, -0.2) is 35.9 Å². The molecule has 1 unspecified atom stereocenters. The van der Waals surface area contributed by atoms with Crippen LogP contribution in [0, 0.1) is 5.92 Å². The molecule has 6 heteroatoms. The van der Waals surface area contributed by atoms with Crippen molar-refractivity contribution in [3.63, 3.8) is 0 Å². The molecule has 2 amide bonds. The monoisotopic (exact) mass is 288 g/mol. The zero-order valence-electron chi connectivity index (χ0n) is 12.0. The quantitative estimate of drug-likeness (QED) is 0.494. The van der Waals surface area contributed by atoms with Gasteiger partial charge in [-0.2, -0.15) is 12.6 Å². The van der Waals surface area contributed by atoms with E-state index in [4.69, 9.17) is 4.74 Å². The van der Waals surface area contributed by atoms with Gasteiger partial charge in [-0.05, 0) is 19.8 Å². The second kappa shape index (κ2) is 8.09. The van der Waals surface area contributed by atoms with Gasteiger partial charge in [-0.15, -0.1) is 0 Å². The minimum absolute atomic E-state index is 0.0423. The molecule has 0 heterocycles. The summed E-state index contributed by atoms with van der Waals surface area (Å²) in [4.78, 5) is 23.5. The normalized spacial score (nSPS) is 12.7. The maximum absolute atomic E-state index is 12.0. The van der Waals surface area contributed by atoms with Gasteiger partial charge in [0.2, 0.25) is 5.91 Å². The number of amides is 2. The van der Waals surface area contributed by atoms with Crippen molar-refractivity contribution in [3.8, 4) is 0 Å². The summed E-state index contributed by atoms with van der Waals surface area (Å²) in [6.45, 7) is 11.5. The lowest BCUT2D eigenvalue weighted by molar-refractivity contribution is -0.124. The molecule has 5 nitrogen and oxygen atoms in total. The van der Waals surface area contributed by atoms with E-state index in [1.54, 1.807) is 0 Å². The van der Waals surface area contributed by atoms with Crippen molar-refractivity contribution in [1.82, 2.24) is 10.6 Å². The smallest absolute Gasteiger partial charge is 0.408 e. The molecule has 2 N–H and O–H groups in total. The highest BCUT2D eigenvalue weighted by Gasteiger charge is 2.25. The molecule has 0 spiro atoms. The van der Waals surface area contributed by atoms with Gasteiger partial charge in [-0.1, -0.05) is 26.5 Å². The fraction of sp³-hybridized carbons (Fsp3) is 0.692. The Hall–Kier alpha value is -1.17. The minimum atomic E-state index is -0.631. The highest BCUT2D eigenvalue weighted by Crippen LogP contribution is 2.10. The number of carbonyl (C=O) groups is 2. The molecule has 1 atom stereocenters. The summed E-state index contributed by atoms with van der Waals surface area (Å²) < 4.78 is 4.50. The molecule has 0 radical (unpaired) electrons. The second-order valence-corrected chi connectivity index (χ2v) is 6.49. The van der Waals surface area contributed by atoms with E-state index in [0.29, 0.717) is 6.54 Å². The predicted molar refractivity (Wildman–Crippen MR) is 79.4 cm³/mol. The Bertz CT molecular complexity index is 324. The molecule has 0 fully saturated rings. The summed E-state index contributed by atoms with van der Waals surface area (Å²) in [7, 11) is 0. The fourth-order valence-electron chi connectivity index (χ4n) is 1.25. The van der Waals surface area contributed by atoms with Crippen molar-refractivity contribution in [3.05, 3.63) is 12.7 Å². The molecular weight excluding hydrogens is 264 g/mol. The van der Waals surface area contributed by atoms with Gasteiger partial charge in [0, 0.05) is 11.3 Å². The molecule has 0 aromatic rings. The van der Waals surface area contributed by atoms with Crippen LogP contribution in [0.1, 0.15) is 27.7 Å². The maximum Gasteiger partial charge on any atom is 0.408 e. The Balaban J connectivity index is 4.43. The first-order chi connectivity index (χ1) is 8.67. The Morgan fingerprint density at radius 2 is 2.00 bits per heavy atom. The average Bonchev–Trinajstić information content (AvgIpc) is 2.29. The van der Waals surface area contributed by atoms with Crippen molar-refractivity contribution >= 4 is 24.6 Å². The summed E-state index contributed by atoms with van der Waals surface area (Å²) in [5.74, 6) is -0.285. The first kappa shape index (κ1) is 17.8. The highest BCUT2D eigenvalue weighted by molar-refractivity contribution is 7.81. The maximum atomic E-state index is 12.0. The molecule has 0 bridgehead atoms. The average molecular weight is 288 g/mol. The van der Waals surface area contributed by atoms with Gasteiger partial charge in [-0.25, -0.2) is 4.79 Å². The molecule has 0 aromatic carbocycles. The van der Waals surface area contributed by atoms with Crippen LogP contribution in [-0.2, 0) is 9.53 Å². The Labute approximate surface area is 120 Å². The van der Waals surface area contributed by atoms with E-state index in [1.807, 2.05) is 27.7 Å². The van der Waals surface area contributed by atoms with Crippen LogP contribution in [0.3, 0.4) is 0 Å². The zero-order valence-corrected chi connectivity index (χ0v) is 12.9. The SMILES string of the molecule is C=CCOC(=O)NC(C(=O)NCC(C)(C)S)C(C)C. The third kappa shape index (κ3) is 8.53. The summed E-state index contributed by atoms with van der Waals surface area (Å²) in [6, 6.07) is -0.631. The minimum Gasteiger partial charge on any atom is -0.445 e. The van der Waals surface area contributed by atoms with Crippen molar-refractivity contribution in [1.29, 1.82) is 0 Å². The van der Waals surface area contributed by atoms with Gasteiger partial charge in [-0.3, -0.25) is 4.79 Å². The fourth-order valence-corrected chi connectivity index (χ4v) is 1.33. The van der Waals surface area contributed by atoms with Gasteiger partial charge in [0.1, 0.15) is 12.6 Å². The van der Waals surface area contributed by atoms with E-state index in [0.717, 1.165) is 0 Å². The number of carbonyl (C=O) groups excluding carboxylic acids is 2. The van der Waals surface area contributed by atoms with E-state index in [1.165, 1.54) is 6.08 Å². The summed E-state index contributed by atoms with van der Waals surface area (Å²) in [5.41, 5.74) is 0. The van der Waals surface area contributed by atoms with Crippen LogP contribution in [0.2, 0.25) is 0 Å². The van der Waals surface area contributed by atoms with Crippen molar-refractivity contribution in [2.75, 3.05) is 13.2 Å². The van der Waals surface area contributed by atoms with E-state index in [9.17, 15) is 9.59 Å². The summed E-state index contributed by atoms with van der Waals surface area (Å²) >= 11 is 4.33. The van der Waals surface area contributed by atoms with Crippen molar-refractivity contribution in [2.24, 2.45) is 5.92 Å². The van der Waals surface area contributed by atoms with Gasteiger partial charge in [0.25, 0.3) is 0 Å². The van der Waals surface area contributed by atoms with Crippen molar-refractivity contribution < 1.29 is 14.3 Å². The molecule has 0 aliphatic carbocycles. The van der Waals surface area contributed by atoms with Gasteiger partial charge >= 0.3 is 6.09 Å². The number of nitrogens with one attached hydrogen (secondary N) is 2. The Morgan fingerprint density at radius 1 is 1.42 bits per heavy atom. The summed E-state index contributed by atoms with van der Waals surface area (Å²) in [5, 5.41) is 5.30. The summed E-state index contributed by atoms with van der Waals surface area (Å²) in [6.07, 6.45) is 0.840. The largest absolute Gasteiger partial charge is 0.445 e. The standard InChI is InChI=1S/C13H24N2O3S/c1-6-7-18-12(17)15-10(9(2)3)11(16)14-8-13(4,5)19/h6,9-10,19H,1,7-8H2,2-5H3,(H,14,16)(H,15,17). The van der Waals surface area contributed by atoms with E-state index in [-0.39, 0.29) is 23.2 Å². The highest BCUT2D eigenvalue weighted by atomic mass is 32.1. The van der Waals surface area contributed by atoms with Crippen LogP contribution < -0.4 is 10.6 Å². The zero-order chi connectivity index (χ0) is 15.1. The van der Waals surface area contributed by atoms with Crippen LogP contribution >= 0.6 is 12.6 Å². The molecule has 0 saturated heterocycles. The third-order valence-electron chi connectivity index (χ3n) is 2.25. The van der Waals surface area contributed by atoms with E-state index < -0.39 is 12.1 Å². The molecular formula is C13H24N2O3S. The lowest BCUT2D eigenvalue weighted by Crippen LogP contribution is -2.51. The Kier molecular flexibility index (Phi) is 7.59. The molecule has 19 heavy (non-hydrogen) atoms. The number of ether oxygens (including phenoxy) is 1. The number of hydrogen-bond donors (Lipinski definition) is 3.